The molecular formula is C22H24O7. The van der Waals surface area contributed by atoms with Crippen molar-refractivity contribution in [2.45, 2.75) is 19.4 Å². The van der Waals surface area contributed by atoms with Gasteiger partial charge in [-0.3, -0.25) is 4.79 Å². The van der Waals surface area contributed by atoms with Crippen molar-refractivity contribution in [2.24, 2.45) is 11.8 Å². The van der Waals surface area contributed by atoms with Crippen molar-refractivity contribution in [2.75, 3.05) is 27.1 Å². The topological polar surface area (TPSA) is 83.5 Å². The van der Waals surface area contributed by atoms with Gasteiger partial charge in [-0.05, 0) is 47.7 Å². The average molecular weight is 400 g/mol. The van der Waals surface area contributed by atoms with E-state index in [2.05, 4.69) is 0 Å². The van der Waals surface area contributed by atoms with Crippen LogP contribution in [-0.4, -0.2) is 38.2 Å². The van der Waals surface area contributed by atoms with Crippen molar-refractivity contribution >= 4 is 5.97 Å². The van der Waals surface area contributed by atoms with Gasteiger partial charge in [0.15, 0.2) is 23.0 Å². The molecule has 154 valence electrons. The van der Waals surface area contributed by atoms with E-state index in [0.717, 1.165) is 16.9 Å². The van der Waals surface area contributed by atoms with E-state index in [1.165, 1.54) is 14.0 Å². The minimum absolute atomic E-state index is 0.0148. The van der Waals surface area contributed by atoms with Gasteiger partial charge in [-0.25, -0.2) is 0 Å². The summed E-state index contributed by atoms with van der Waals surface area (Å²) in [5.41, 5.74) is 1.99. The van der Waals surface area contributed by atoms with Crippen molar-refractivity contribution in [1.82, 2.24) is 0 Å². The monoisotopic (exact) mass is 400 g/mol. The summed E-state index contributed by atoms with van der Waals surface area (Å²) in [7, 11) is 1.52. The smallest absolute Gasteiger partial charge is 0.302 e. The van der Waals surface area contributed by atoms with Crippen LogP contribution in [0.2, 0.25) is 0 Å². The first-order valence-corrected chi connectivity index (χ1v) is 9.55. The van der Waals surface area contributed by atoms with Crippen LogP contribution in [0.25, 0.3) is 0 Å². The van der Waals surface area contributed by atoms with Crippen LogP contribution < -0.4 is 14.2 Å². The number of phenolic OH excluding ortho intramolecular Hbond substituents is 1. The number of benzene rings is 2. The van der Waals surface area contributed by atoms with E-state index in [-0.39, 0.29) is 43.1 Å². The lowest BCUT2D eigenvalue weighted by molar-refractivity contribution is -0.143. The fourth-order valence-corrected chi connectivity index (χ4v) is 3.95. The molecule has 0 saturated carbocycles. The zero-order valence-electron chi connectivity index (χ0n) is 16.4. The quantitative estimate of drug-likeness (QED) is 0.745. The number of rotatable bonds is 6. The third-order valence-electron chi connectivity index (χ3n) is 5.43. The number of methoxy groups -OCH3 is 1. The largest absolute Gasteiger partial charge is 0.504 e. The second-order valence-corrected chi connectivity index (χ2v) is 7.30. The Morgan fingerprint density at radius 2 is 2.00 bits per heavy atom. The van der Waals surface area contributed by atoms with E-state index >= 15 is 0 Å². The van der Waals surface area contributed by atoms with E-state index in [1.54, 1.807) is 6.07 Å². The number of aromatic hydroxyl groups is 1. The zero-order chi connectivity index (χ0) is 20.4. The van der Waals surface area contributed by atoms with Crippen molar-refractivity contribution < 1.29 is 33.6 Å². The van der Waals surface area contributed by atoms with Gasteiger partial charge >= 0.3 is 5.97 Å². The maximum absolute atomic E-state index is 11.4. The molecule has 0 aliphatic carbocycles. The van der Waals surface area contributed by atoms with Crippen LogP contribution in [0.1, 0.15) is 24.2 Å². The molecule has 1 saturated heterocycles. The number of hydrogen-bond acceptors (Lipinski definition) is 7. The fourth-order valence-electron chi connectivity index (χ4n) is 3.95. The van der Waals surface area contributed by atoms with Crippen LogP contribution in [0, 0.1) is 11.8 Å². The lowest BCUT2D eigenvalue weighted by atomic mass is 9.84. The molecule has 3 atom stereocenters. The highest BCUT2D eigenvalue weighted by molar-refractivity contribution is 5.65. The Kier molecular flexibility index (Phi) is 5.49. The molecule has 1 N–H and O–H groups in total. The van der Waals surface area contributed by atoms with Gasteiger partial charge in [-0.2, -0.15) is 0 Å². The van der Waals surface area contributed by atoms with Gasteiger partial charge in [-0.15, -0.1) is 0 Å². The lowest BCUT2D eigenvalue weighted by Gasteiger charge is -2.23. The first-order valence-electron chi connectivity index (χ1n) is 9.55. The van der Waals surface area contributed by atoms with Gasteiger partial charge in [0, 0.05) is 12.8 Å². The molecule has 2 heterocycles. The molecule has 0 aromatic heterocycles. The average Bonchev–Trinajstić information content (AvgIpc) is 3.33. The molecule has 2 aromatic carbocycles. The van der Waals surface area contributed by atoms with Crippen LogP contribution in [0.4, 0.5) is 0 Å². The normalized spacial score (nSPS) is 22.5. The van der Waals surface area contributed by atoms with Crippen molar-refractivity contribution in [1.29, 1.82) is 0 Å². The molecule has 4 rings (SSSR count). The van der Waals surface area contributed by atoms with Crippen LogP contribution in [-0.2, 0) is 20.7 Å². The second-order valence-electron chi connectivity index (χ2n) is 7.30. The molecule has 2 aromatic rings. The molecular weight excluding hydrogens is 376 g/mol. The maximum atomic E-state index is 11.4. The number of hydrogen-bond donors (Lipinski definition) is 1. The van der Waals surface area contributed by atoms with Gasteiger partial charge < -0.3 is 28.8 Å². The van der Waals surface area contributed by atoms with Crippen LogP contribution >= 0.6 is 0 Å². The summed E-state index contributed by atoms with van der Waals surface area (Å²) in [5.74, 6) is 1.77. The number of carbonyl (C=O) groups is 1. The number of phenols is 1. The number of fused-ring (bicyclic) bond motifs is 1. The number of carbonyl (C=O) groups excluding carboxylic acids is 1. The highest BCUT2D eigenvalue weighted by Gasteiger charge is 2.39. The summed E-state index contributed by atoms with van der Waals surface area (Å²) in [6, 6.07) is 11.1. The Morgan fingerprint density at radius 1 is 1.17 bits per heavy atom. The van der Waals surface area contributed by atoms with Crippen LogP contribution in [0.3, 0.4) is 0 Å². The minimum Gasteiger partial charge on any atom is -0.504 e. The highest BCUT2D eigenvalue weighted by atomic mass is 16.7. The van der Waals surface area contributed by atoms with Crippen molar-refractivity contribution in [3.63, 3.8) is 0 Å². The van der Waals surface area contributed by atoms with Crippen LogP contribution in [0.15, 0.2) is 36.4 Å². The van der Waals surface area contributed by atoms with Crippen LogP contribution in [0.5, 0.6) is 23.0 Å². The SMILES string of the molecule is COc1cc(C[C@H]2CO[C@H](c3ccc4c(c3)OCO4)[C@H]2COC(C)=O)ccc1O. The fraction of sp³-hybridized carbons (Fsp3) is 0.409. The third-order valence-corrected chi connectivity index (χ3v) is 5.43. The molecule has 1 fully saturated rings. The third kappa shape index (κ3) is 4.10. The van der Waals surface area contributed by atoms with Gasteiger partial charge in [0.05, 0.1) is 26.4 Å². The number of ether oxygens (including phenoxy) is 5. The van der Waals surface area contributed by atoms with Crippen molar-refractivity contribution in [3.8, 4) is 23.0 Å². The summed E-state index contributed by atoms with van der Waals surface area (Å²) < 4.78 is 27.6. The summed E-state index contributed by atoms with van der Waals surface area (Å²) in [6.07, 6.45) is 0.497. The molecule has 29 heavy (non-hydrogen) atoms. The van der Waals surface area contributed by atoms with Crippen molar-refractivity contribution in [3.05, 3.63) is 47.5 Å². The van der Waals surface area contributed by atoms with E-state index in [1.807, 2.05) is 30.3 Å². The Morgan fingerprint density at radius 3 is 2.79 bits per heavy atom. The van der Waals surface area contributed by atoms with E-state index < -0.39 is 0 Å². The maximum Gasteiger partial charge on any atom is 0.302 e. The summed E-state index contributed by atoms with van der Waals surface area (Å²) in [4.78, 5) is 11.4. The highest BCUT2D eigenvalue weighted by Crippen LogP contribution is 2.43. The molecule has 0 bridgehead atoms. The molecule has 2 aliphatic rings. The molecule has 0 unspecified atom stereocenters. The Hall–Kier alpha value is -2.93. The van der Waals surface area contributed by atoms with Gasteiger partial charge in [-0.1, -0.05) is 12.1 Å². The molecule has 0 radical (unpaired) electrons. The van der Waals surface area contributed by atoms with E-state index in [4.69, 9.17) is 23.7 Å². The minimum atomic E-state index is -0.314. The van der Waals surface area contributed by atoms with Gasteiger partial charge in [0.1, 0.15) is 0 Å². The molecule has 7 nitrogen and oxygen atoms in total. The van der Waals surface area contributed by atoms with E-state index in [0.29, 0.717) is 24.5 Å². The first kappa shape index (κ1) is 19.4. The predicted octanol–water partition coefficient (Wildman–Crippen LogP) is 3.24. The second kappa shape index (κ2) is 8.21. The molecule has 7 heteroatoms. The standard InChI is InChI=1S/C22H24O7/c1-13(23)26-11-17-16(7-14-3-5-18(24)20(8-14)25-2)10-27-22(17)15-4-6-19-21(9-15)29-12-28-19/h3-6,8-9,16-17,22,24H,7,10-12H2,1-2H3/t16-,17-,22+/m0/s1. The summed E-state index contributed by atoms with van der Waals surface area (Å²) in [6.45, 7) is 2.43. The zero-order valence-corrected chi connectivity index (χ0v) is 16.4. The Balaban J connectivity index is 1.56. The first-order chi connectivity index (χ1) is 14.0. The van der Waals surface area contributed by atoms with E-state index in [9.17, 15) is 9.90 Å². The Bertz CT molecular complexity index is 895. The predicted molar refractivity (Wildman–Crippen MR) is 103 cm³/mol. The molecule has 0 spiro atoms. The Labute approximate surface area is 169 Å². The number of esters is 1. The molecule has 2 aliphatic heterocycles. The van der Waals surface area contributed by atoms with Gasteiger partial charge in [0.2, 0.25) is 6.79 Å². The lowest BCUT2D eigenvalue weighted by Crippen LogP contribution is -2.24. The van der Waals surface area contributed by atoms with Gasteiger partial charge in [0.25, 0.3) is 0 Å². The summed E-state index contributed by atoms with van der Waals surface area (Å²) in [5, 5.41) is 9.83. The molecule has 0 amide bonds. The summed E-state index contributed by atoms with van der Waals surface area (Å²) >= 11 is 0.